The Bertz CT molecular complexity index is 859. The number of unbranched alkanes of at least 4 members (excludes halogenated alkanes) is 3. The Kier molecular flexibility index (Phi) is 13.8. The number of aliphatic hydroxyl groups is 1. The van der Waals surface area contributed by atoms with Crippen LogP contribution in [0.5, 0.6) is 0 Å². The molecule has 0 aromatic rings. The predicted molar refractivity (Wildman–Crippen MR) is 148 cm³/mol. The van der Waals surface area contributed by atoms with Crippen LogP contribution in [0.1, 0.15) is 100 Å². The largest absolute Gasteiger partial charge is 0.494 e. The number of amides is 2. The molecular formula is C29H48N2O6. The van der Waals surface area contributed by atoms with Gasteiger partial charge in [-0.2, -0.15) is 9.98 Å². The van der Waals surface area contributed by atoms with Crippen LogP contribution in [0.3, 0.4) is 0 Å². The third-order valence-electron chi connectivity index (χ3n) is 5.49. The molecule has 0 fully saturated rings. The Hall–Kier alpha value is -2.48. The third kappa shape index (κ3) is 16.1. The fourth-order valence-electron chi connectivity index (χ4n) is 3.77. The average Bonchev–Trinajstić information content (AvgIpc) is 2.73. The van der Waals surface area contributed by atoms with Crippen molar-refractivity contribution in [2.75, 3.05) is 13.2 Å². The maximum absolute atomic E-state index is 12.5. The van der Waals surface area contributed by atoms with E-state index in [-0.39, 0.29) is 24.9 Å². The number of carbonyl (C=O) groups excluding carboxylic acids is 2. The molecule has 2 atom stereocenters. The Morgan fingerprint density at radius 1 is 1.00 bits per heavy atom. The topological polar surface area (TPSA) is 107 Å². The molecule has 0 heterocycles. The fraction of sp³-hybridized carbons (Fsp3) is 0.724. The van der Waals surface area contributed by atoms with Crippen LogP contribution in [0.25, 0.3) is 0 Å². The number of aliphatic imine (C=N–C) groups is 2. The summed E-state index contributed by atoms with van der Waals surface area (Å²) in [6, 6.07) is 0. The van der Waals surface area contributed by atoms with Crippen molar-refractivity contribution in [3.8, 4) is 0 Å². The van der Waals surface area contributed by atoms with Crippen molar-refractivity contribution in [3.05, 3.63) is 24.0 Å². The zero-order valence-electron chi connectivity index (χ0n) is 24.1. The molecule has 37 heavy (non-hydrogen) atoms. The number of carbonyl (C=O) groups is 2. The van der Waals surface area contributed by atoms with Gasteiger partial charge in [-0.15, -0.1) is 0 Å². The molecule has 0 aromatic heterocycles. The van der Waals surface area contributed by atoms with Gasteiger partial charge in [0.1, 0.15) is 17.0 Å². The number of ether oxygens (including phenoxy) is 3. The van der Waals surface area contributed by atoms with Crippen molar-refractivity contribution < 1.29 is 28.9 Å². The monoisotopic (exact) mass is 520 g/mol. The van der Waals surface area contributed by atoms with Gasteiger partial charge in [0.15, 0.2) is 0 Å². The first kappa shape index (κ1) is 32.5. The number of aliphatic hydroxyl groups excluding tert-OH is 1. The van der Waals surface area contributed by atoms with Gasteiger partial charge in [-0.3, -0.25) is 0 Å². The van der Waals surface area contributed by atoms with Crippen LogP contribution in [0.4, 0.5) is 9.59 Å². The number of allylic oxidation sites excluding steroid dienone is 3. The fourth-order valence-corrected chi connectivity index (χ4v) is 3.77. The first-order chi connectivity index (χ1) is 17.2. The van der Waals surface area contributed by atoms with Crippen LogP contribution in [0.2, 0.25) is 0 Å². The molecule has 0 spiro atoms. The van der Waals surface area contributed by atoms with E-state index in [9.17, 15) is 9.59 Å². The van der Waals surface area contributed by atoms with E-state index in [1.165, 1.54) is 0 Å². The van der Waals surface area contributed by atoms with Crippen LogP contribution in [0.15, 0.2) is 34.0 Å². The van der Waals surface area contributed by atoms with Crippen molar-refractivity contribution in [3.63, 3.8) is 0 Å². The van der Waals surface area contributed by atoms with E-state index in [0.717, 1.165) is 37.9 Å². The van der Waals surface area contributed by atoms with Crippen molar-refractivity contribution in [1.82, 2.24) is 0 Å². The lowest BCUT2D eigenvalue weighted by Crippen LogP contribution is -2.24. The summed E-state index contributed by atoms with van der Waals surface area (Å²) < 4.78 is 16.5. The summed E-state index contributed by atoms with van der Waals surface area (Å²) in [5.41, 5.74) is -0.138. The molecular weight excluding hydrogens is 472 g/mol. The van der Waals surface area contributed by atoms with E-state index in [1.807, 2.05) is 6.08 Å². The maximum atomic E-state index is 12.5. The Morgan fingerprint density at radius 2 is 1.59 bits per heavy atom. The van der Waals surface area contributed by atoms with Crippen molar-refractivity contribution in [2.24, 2.45) is 21.8 Å². The minimum Gasteiger partial charge on any atom is -0.494 e. The standard InChI is InChI=1S/C29H48N2O6/c1-21(23-13-15-25(16-14-23)35-18-12-10-9-11-17-32)19-24(31-27(34)37-29(6,7)8)20-22(2)30-26(33)36-28(3,4)5/h13,15-16,21,23,32H,9-12,14,17-20H2,1-8H3. The number of hydrogen-bond donors (Lipinski definition) is 1. The van der Waals surface area contributed by atoms with Crippen LogP contribution in [-0.2, 0) is 14.2 Å². The zero-order chi connectivity index (χ0) is 28.1. The minimum atomic E-state index is -0.657. The van der Waals surface area contributed by atoms with E-state index < -0.39 is 23.4 Å². The molecule has 8 nitrogen and oxygen atoms in total. The third-order valence-corrected chi connectivity index (χ3v) is 5.49. The van der Waals surface area contributed by atoms with E-state index >= 15 is 0 Å². The predicted octanol–water partition coefficient (Wildman–Crippen LogP) is 7.20. The molecule has 8 heteroatoms. The van der Waals surface area contributed by atoms with Gasteiger partial charge in [0.2, 0.25) is 0 Å². The first-order valence-corrected chi connectivity index (χ1v) is 13.4. The molecule has 0 aromatic carbocycles. The Labute approximate surface area is 223 Å². The lowest BCUT2D eigenvalue weighted by atomic mass is 9.84. The van der Waals surface area contributed by atoms with Gasteiger partial charge >= 0.3 is 12.2 Å². The molecule has 2 amide bonds. The van der Waals surface area contributed by atoms with E-state index in [1.54, 1.807) is 48.5 Å². The highest BCUT2D eigenvalue weighted by Crippen LogP contribution is 2.27. The second-order valence-electron chi connectivity index (χ2n) is 11.7. The molecule has 0 bridgehead atoms. The van der Waals surface area contributed by atoms with Gasteiger partial charge in [0.05, 0.1) is 6.61 Å². The normalized spacial score (nSPS) is 17.8. The van der Waals surface area contributed by atoms with Crippen LogP contribution < -0.4 is 0 Å². The highest BCUT2D eigenvalue weighted by molar-refractivity contribution is 6.08. The molecule has 1 aliphatic rings. The highest BCUT2D eigenvalue weighted by Gasteiger charge is 2.22. The van der Waals surface area contributed by atoms with Crippen molar-refractivity contribution >= 4 is 23.6 Å². The van der Waals surface area contributed by atoms with Crippen molar-refractivity contribution in [2.45, 2.75) is 112 Å². The smallest absolute Gasteiger partial charge is 0.434 e. The first-order valence-electron chi connectivity index (χ1n) is 13.4. The molecule has 1 aliphatic carbocycles. The van der Waals surface area contributed by atoms with E-state index in [2.05, 4.69) is 29.1 Å². The molecule has 0 saturated carbocycles. The maximum Gasteiger partial charge on any atom is 0.434 e. The molecule has 2 unspecified atom stereocenters. The lowest BCUT2D eigenvalue weighted by molar-refractivity contribution is 0.0593. The summed E-state index contributed by atoms with van der Waals surface area (Å²) in [6.07, 6.45) is 10.5. The molecule has 1 rings (SSSR count). The minimum absolute atomic E-state index is 0.197. The SMILES string of the molecule is CC(CC(CC(C)C1C=CC(OCCCCCCO)=CC1)=NC(=O)OC(C)(C)C)=NC(=O)OC(C)(C)C. The molecule has 210 valence electrons. The summed E-state index contributed by atoms with van der Waals surface area (Å²) in [7, 11) is 0. The summed E-state index contributed by atoms with van der Waals surface area (Å²) in [4.78, 5) is 32.9. The summed E-state index contributed by atoms with van der Waals surface area (Å²) in [5, 5.41) is 8.85. The molecule has 0 radical (unpaired) electrons. The molecule has 0 saturated heterocycles. The Balaban J connectivity index is 2.79. The second kappa shape index (κ2) is 15.7. The van der Waals surface area contributed by atoms with E-state index in [4.69, 9.17) is 19.3 Å². The molecule has 1 N–H and O–H groups in total. The highest BCUT2D eigenvalue weighted by atomic mass is 16.6. The van der Waals surface area contributed by atoms with Gasteiger partial charge < -0.3 is 19.3 Å². The Morgan fingerprint density at radius 3 is 2.14 bits per heavy atom. The van der Waals surface area contributed by atoms with Crippen molar-refractivity contribution in [1.29, 1.82) is 0 Å². The van der Waals surface area contributed by atoms with Crippen LogP contribution >= 0.6 is 0 Å². The van der Waals surface area contributed by atoms with Crippen LogP contribution in [0, 0.1) is 11.8 Å². The summed E-state index contributed by atoms with van der Waals surface area (Å²) >= 11 is 0. The zero-order valence-corrected chi connectivity index (χ0v) is 24.1. The summed E-state index contributed by atoms with van der Waals surface area (Å²) in [6.45, 7) is 15.5. The van der Waals surface area contributed by atoms with Crippen LogP contribution in [-0.4, -0.2) is 53.1 Å². The summed E-state index contributed by atoms with van der Waals surface area (Å²) in [5.74, 6) is 1.35. The van der Waals surface area contributed by atoms with Gasteiger partial charge in [0, 0.05) is 24.5 Å². The number of nitrogens with zero attached hydrogens (tertiary/aromatic N) is 2. The van der Waals surface area contributed by atoms with Gasteiger partial charge in [-0.05, 0) is 105 Å². The molecule has 0 aliphatic heterocycles. The quantitative estimate of drug-likeness (QED) is 0.215. The number of rotatable bonds is 12. The average molecular weight is 521 g/mol. The van der Waals surface area contributed by atoms with Gasteiger partial charge in [-0.25, -0.2) is 9.59 Å². The number of hydrogen-bond acceptors (Lipinski definition) is 6. The lowest BCUT2D eigenvalue weighted by Gasteiger charge is -2.24. The second-order valence-corrected chi connectivity index (χ2v) is 11.7. The van der Waals surface area contributed by atoms with E-state index in [0.29, 0.717) is 24.5 Å². The van der Waals surface area contributed by atoms with Gasteiger partial charge in [0.25, 0.3) is 0 Å². The van der Waals surface area contributed by atoms with Gasteiger partial charge in [-0.1, -0.05) is 19.4 Å².